The van der Waals surface area contributed by atoms with Crippen LogP contribution in [0.5, 0.6) is 0 Å². The standard InChI is InChI=1S/C99H196N2O48/c1-3-101-99(104)96-149-95-94-148-93-92-147-91-90-146-89-88-145-87-86-144-85-84-143-83-82-142-81-80-141-79-78-140-77-76-139-75-74-138-73-72-137-71-70-136-69-68-135-67-66-134-65-64-133-63-62-132-61-60-131-59-58-130-57-56-129-55-54-128-53-52-127-51-50-126-49-48-125-47-46-124-45-44-123-43-42-122-41-40-121-39-38-120-37-36-119-35-34-118-33-32-117-31-30-116-29-28-115-27-26-114-25-24-113-23-22-112-21-20-111-19-18-110-17-16-109-15-14-108-13-12-107-11-10-106-9-8-105-7-6-97(102)4-5-98(103)100-2/h3-96H2,1-2H3,(H,100,103)(H,101,104). The zero-order chi connectivity index (χ0) is 106. The van der Waals surface area contributed by atoms with Gasteiger partial charge in [0.05, 0.1) is 588 Å². The summed E-state index contributed by atoms with van der Waals surface area (Å²) >= 11 is 0. The molecule has 890 valence electrons. The number of nitrogens with one attached hydrogen (secondary N) is 2. The van der Waals surface area contributed by atoms with E-state index < -0.39 is 0 Å². The molecular formula is C99H196N2O48. The second-order valence-corrected chi connectivity index (χ2v) is 30.4. The van der Waals surface area contributed by atoms with E-state index >= 15 is 0 Å². The van der Waals surface area contributed by atoms with Crippen LogP contribution < -0.4 is 10.6 Å². The summed E-state index contributed by atoms with van der Waals surface area (Å²) in [6, 6.07) is 0. The molecule has 149 heavy (non-hydrogen) atoms. The Morgan fingerprint density at radius 1 is 0.121 bits per heavy atom. The largest absolute Gasteiger partial charge is 0.379 e. The SMILES string of the molecule is CCNC(=O)COCCOCCOCCOCCOCCOCCOCCOCCOCCOCCOCCOCCOCCOCCOCCOCCOCCOCCOCCOCCOCCOCCOCCOCCOCCOCCOCCOCCOCCOCCOCCOCCOCCOCCOCCOCCOCCOCCOCCOCCOCCOCCOCCOCCOCCC(=O)CCC(=O)NC. The molecule has 0 unspecified atom stereocenters. The number of carbonyl (C=O) groups excluding carboxylic acids is 3. The molecule has 0 spiro atoms. The predicted octanol–water partition coefficient (Wildman–Crippen LogP) is 0.355. The van der Waals surface area contributed by atoms with Crippen molar-refractivity contribution in [1.82, 2.24) is 10.6 Å². The van der Waals surface area contributed by atoms with Crippen molar-refractivity contribution in [2.75, 3.05) is 608 Å². The Morgan fingerprint density at radius 3 is 0.309 bits per heavy atom. The average Bonchev–Trinajstić information content (AvgIpc) is 1.02. The number of Topliss-reactive ketones (excluding diaryl/α,β-unsaturated/α-hetero) is 1. The van der Waals surface area contributed by atoms with Gasteiger partial charge in [-0.15, -0.1) is 0 Å². The fourth-order valence-electron chi connectivity index (χ4n) is 10.8. The Balaban J connectivity index is 3.12. The number of ether oxygens (including phenoxy) is 45. The summed E-state index contributed by atoms with van der Waals surface area (Å²) < 4.78 is 248. The fourth-order valence-corrected chi connectivity index (χ4v) is 10.8. The van der Waals surface area contributed by atoms with Crippen molar-refractivity contribution in [2.24, 2.45) is 0 Å². The van der Waals surface area contributed by atoms with E-state index in [0.717, 1.165) is 0 Å². The maximum Gasteiger partial charge on any atom is 0.245 e. The molecule has 2 amide bonds. The molecule has 0 heterocycles. The molecule has 0 atom stereocenters. The lowest BCUT2D eigenvalue weighted by molar-refractivity contribution is -0.126. The van der Waals surface area contributed by atoms with Gasteiger partial charge in [-0.25, -0.2) is 0 Å². The second kappa shape index (κ2) is 139. The van der Waals surface area contributed by atoms with Crippen molar-refractivity contribution in [2.45, 2.75) is 26.2 Å². The van der Waals surface area contributed by atoms with Crippen LogP contribution in [-0.2, 0) is 228 Å². The Morgan fingerprint density at radius 2 is 0.215 bits per heavy atom. The van der Waals surface area contributed by atoms with Gasteiger partial charge < -0.3 is 224 Å². The molecule has 0 aliphatic heterocycles. The summed E-state index contributed by atoms with van der Waals surface area (Å²) in [5.74, 6) is -0.271. The normalized spacial score (nSPS) is 11.7. The van der Waals surface area contributed by atoms with Crippen LogP contribution in [0.3, 0.4) is 0 Å². The van der Waals surface area contributed by atoms with E-state index in [1.807, 2.05) is 6.92 Å². The third-order valence-electron chi connectivity index (χ3n) is 18.4. The third kappa shape index (κ3) is 139. The highest BCUT2D eigenvalue weighted by atomic mass is 16.7. The number of hydrogen-bond acceptors (Lipinski definition) is 48. The molecule has 0 rings (SSSR count). The molecule has 0 aromatic heterocycles. The minimum atomic E-state index is -0.144. The molecular weight excluding hydrogens is 1990 g/mol. The van der Waals surface area contributed by atoms with Crippen LogP contribution in [0.1, 0.15) is 26.2 Å². The van der Waals surface area contributed by atoms with Gasteiger partial charge in [0.2, 0.25) is 11.8 Å². The summed E-state index contributed by atoms with van der Waals surface area (Å²) in [4.78, 5) is 34.1. The Kier molecular flexibility index (Phi) is 136. The van der Waals surface area contributed by atoms with E-state index in [2.05, 4.69) is 10.6 Å². The van der Waals surface area contributed by atoms with Crippen LogP contribution in [0.2, 0.25) is 0 Å². The summed E-state index contributed by atoms with van der Waals surface area (Å²) in [5.41, 5.74) is 0. The van der Waals surface area contributed by atoms with Crippen molar-refractivity contribution < 1.29 is 228 Å². The maximum absolute atomic E-state index is 11.7. The highest BCUT2D eigenvalue weighted by molar-refractivity contribution is 5.84. The van der Waals surface area contributed by atoms with Gasteiger partial charge in [0, 0.05) is 32.9 Å². The van der Waals surface area contributed by atoms with Crippen LogP contribution in [0.25, 0.3) is 0 Å². The fraction of sp³-hybridized carbons (Fsp3) is 0.970. The molecule has 0 aliphatic carbocycles. The van der Waals surface area contributed by atoms with Gasteiger partial charge in [0.25, 0.3) is 0 Å². The summed E-state index contributed by atoms with van der Waals surface area (Å²) in [5, 5.41) is 5.16. The van der Waals surface area contributed by atoms with Gasteiger partial charge in [-0.05, 0) is 6.92 Å². The van der Waals surface area contributed by atoms with Gasteiger partial charge in [0.15, 0.2) is 0 Å². The number of likely N-dealkylation sites (N-methyl/N-ethyl adjacent to an activating group) is 1. The molecule has 0 bridgehead atoms. The first-order valence-electron chi connectivity index (χ1n) is 53.1. The zero-order valence-electron chi connectivity index (χ0n) is 90.6. The molecule has 50 nitrogen and oxygen atoms in total. The van der Waals surface area contributed by atoms with E-state index in [1.165, 1.54) is 0 Å². The van der Waals surface area contributed by atoms with E-state index in [0.29, 0.717) is 595 Å². The van der Waals surface area contributed by atoms with Crippen LogP contribution in [0.4, 0.5) is 0 Å². The Labute approximate surface area is 886 Å². The highest BCUT2D eigenvalue weighted by Gasteiger charge is 2.10. The topological polar surface area (TPSA) is 491 Å². The van der Waals surface area contributed by atoms with E-state index in [-0.39, 0.29) is 43.5 Å². The van der Waals surface area contributed by atoms with E-state index in [1.54, 1.807) is 7.05 Å². The van der Waals surface area contributed by atoms with Gasteiger partial charge in [-0.3, -0.25) is 14.4 Å². The highest BCUT2D eigenvalue weighted by Crippen LogP contribution is 2.00. The number of ketones is 1. The summed E-state index contributed by atoms with van der Waals surface area (Å²) in [7, 11) is 1.55. The number of amides is 2. The van der Waals surface area contributed by atoms with Crippen molar-refractivity contribution in [1.29, 1.82) is 0 Å². The van der Waals surface area contributed by atoms with Crippen LogP contribution >= 0.6 is 0 Å². The Bertz CT molecular complexity index is 2270. The van der Waals surface area contributed by atoms with Crippen LogP contribution in [-0.4, -0.2) is 626 Å². The lowest BCUT2D eigenvalue weighted by atomic mass is 10.2. The number of carbonyl (C=O) groups is 3. The summed E-state index contributed by atoms with van der Waals surface area (Å²) in [6.45, 7) is 43.8. The minimum absolute atomic E-state index is 0.00492. The first kappa shape index (κ1) is 146. The maximum atomic E-state index is 11.7. The first-order valence-corrected chi connectivity index (χ1v) is 53.1. The molecule has 0 aromatic carbocycles. The zero-order valence-corrected chi connectivity index (χ0v) is 90.6. The lowest BCUT2D eigenvalue weighted by Crippen LogP contribution is -2.27. The van der Waals surface area contributed by atoms with E-state index in [9.17, 15) is 14.4 Å². The van der Waals surface area contributed by atoms with Gasteiger partial charge in [-0.1, -0.05) is 0 Å². The molecule has 0 saturated heterocycles. The summed E-state index contributed by atoms with van der Waals surface area (Å²) in [6.07, 6.45) is 0.718. The average molecular weight is 2180 g/mol. The quantitative estimate of drug-likeness (QED) is 0.0776. The molecule has 0 aliphatic rings. The smallest absolute Gasteiger partial charge is 0.245 e. The molecule has 50 heteroatoms. The first-order chi connectivity index (χ1) is 74.1. The number of rotatable bonds is 141. The molecule has 0 aromatic rings. The minimum Gasteiger partial charge on any atom is -0.379 e. The second-order valence-electron chi connectivity index (χ2n) is 30.4. The monoisotopic (exact) mass is 2180 g/mol. The van der Waals surface area contributed by atoms with Crippen LogP contribution in [0.15, 0.2) is 0 Å². The number of hydrogen-bond donors (Lipinski definition) is 2. The molecule has 0 saturated carbocycles. The van der Waals surface area contributed by atoms with E-state index in [4.69, 9.17) is 213 Å². The van der Waals surface area contributed by atoms with Crippen molar-refractivity contribution in [3.63, 3.8) is 0 Å². The van der Waals surface area contributed by atoms with Gasteiger partial charge in [-0.2, -0.15) is 0 Å². The van der Waals surface area contributed by atoms with Gasteiger partial charge in [0.1, 0.15) is 12.4 Å². The molecule has 0 fully saturated rings. The third-order valence-corrected chi connectivity index (χ3v) is 18.4. The van der Waals surface area contributed by atoms with Gasteiger partial charge >= 0.3 is 0 Å². The molecule has 0 radical (unpaired) electrons. The van der Waals surface area contributed by atoms with Crippen molar-refractivity contribution >= 4 is 17.6 Å². The van der Waals surface area contributed by atoms with Crippen LogP contribution in [0, 0.1) is 0 Å². The van der Waals surface area contributed by atoms with Crippen molar-refractivity contribution in [3.05, 3.63) is 0 Å². The lowest BCUT2D eigenvalue weighted by Gasteiger charge is -2.09. The Hall–Kier alpha value is -3.19. The van der Waals surface area contributed by atoms with Crippen molar-refractivity contribution in [3.8, 4) is 0 Å². The molecule has 2 N–H and O–H groups in total. The predicted molar refractivity (Wildman–Crippen MR) is 538 cm³/mol.